The highest BCUT2D eigenvalue weighted by Gasteiger charge is 2.33. The van der Waals surface area contributed by atoms with Gasteiger partial charge < -0.3 is 24.5 Å². The maximum atomic E-state index is 15.4. The molecular formula is C28H25ClF4N6O5. The van der Waals surface area contributed by atoms with Crippen LogP contribution in [0.5, 0.6) is 17.2 Å². The predicted octanol–water partition coefficient (Wildman–Crippen LogP) is 4.94. The third-order valence-corrected chi connectivity index (χ3v) is 6.58. The number of halogens is 5. The van der Waals surface area contributed by atoms with E-state index in [-0.39, 0.29) is 52.7 Å². The van der Waals surface area contributed by atoms with Gasteiger partial charge in [0.05, 0.1) is 30.8 Å². The molecule has 2 N–H and O–H groups in total. The second kappa shape index (κ2) is 12.7. The van der Waals surface area contributed by atoms with E-state index in [2.05, 4.69) is 20.5 Å². The molecule has 0 radical (unpaired) electrons. The van der Waals surface area contributed by atoms with E-state index in [1.807, 2.05) is 0 Å². The number of imidazole rings is 1. The Kier molecular flexibility index (Phi) is 9.18. The van der Waals surface area contributed by atoms with Gasteiger partial charge in [-0.05, 0) is 42.0 Å². The summed E-state index contributed by atoms with van der Waals surface area (Å²) in [6, 6.07) is 10.3. The number of methoxy groups -OCH3 is 2. The quantitative estimate of drug-likeness (QED) is 0.220. The van der Waals surface area contributed by atoms with Crippen LogP contribution in [0, 0.1) is 5.82 Å². The number of alkyl halides is 3. The molecule has 2 aromatic heterocycles. The molecule has 232 valence electrons. The van der Waals surface area contributed by atoms with E-state index in [0.29, 0.717) is 17.3 Å². The molecule has 5 rings (SSSR count). The molecule has 0 aliphatic carbocycles. The molecule has 0 unspecified atom stereocenters. The van der Waals surface area contributed by atoms with Crippen LogP contribution in [0.15, 0.2) is 59.7 Å². The van der Waals surface area contributed by atoms with Gasteiger partial charge in [-0.3, -0.25) is 13.9 Å². The van der Waals surface area contributed by atoms with Crippen LogP contribution in [0.3, 0.4) is 0 Å². The van der Waals surface area contributed by atoms with Crippen LogP contribution in [0.2, 0.25) is 0 Å². The van der Waals surface area contributed by atoms with Crippen LogP contribution in [-0.2, 0) is 31.2 Å². The maximum absolute atomic E-state index is 15.4. The number of aromatic nitrogens is 5. The second-order valence-corrected chi connectivity index (χ2v) is 9.31. The van der Waals surface area contributed by atoms with Crippen molar-refractivity contribution in [1.29, 1.82) is 0 Å². The van der Waals surface area contributed by atoms with E-state index in [1.165, 1.54) is 33.7 Å². The highest BCUT2D eigenvalue weighted by atomic mass is 35.5. The molecule has 0 atom stereocenters. The molecule has 44 heavy (non-hydrogen) atoms. The summed E-state index contributed by atoms with van der Waals surface area (Å²) in [7, 11) is 4.04. The first-order valence-corrected chi connectivity index (χ1v) is 12.6. The number of rotatable bonds is 9. The third kappa shape index (κ3) is 6.32. The number of hydrogen-bond donors (Lipinski definition) is 2. The molecule has 0 spiro atoms. The summed E-state index contributed by atoms with van der Waals surface area (Å²) in [6.07, 6.45) is -3.52. The molecule has 3 aromatic carbocycles. The number of nitrogens with zero attached hydrogens (tertiary/aromatic N) is 4. The zero-order valence-corrected chi connectivity index (χ0v) is 24.2. The van der Waals surface area contributed by atoms with Crippen molar-refractivity contribution in [3.05, 3.63) is 82.5 Å². The molecule has 0 aliphatic rings. The number of benzene rings is 3. The summed E-state index contributed by atoms with van der Waals surface area (Å²) < 4.78 is 75.5. The first-order chi connectivity index (χ1) is 20.5. The zero-order chi connectivity index (χ0) is 30.9. The van der Waals surface area contributed by atoms with Gasteiger partial charge in [-0.25, -0.2) is 9.18 Å². The number of carbonyl (C=O) groups excluding carboxylic acids is 1. The fourth-order valence-corrected chi connectivity index (χ4v) is 4.60. The van der Waals surface area contributed by atoms with E-state index in [4.69, 9.17) is 14.2 Å². The van der Waals surface area contributed by atoms with E-state index < -0.39 is 35.7 Å². The highest BCUT2D eigenvalue weighted by molar-refractivity contribution is 5.96. The van der Waals surface area contributed by atoms with Crippen molar-refractivity contribution in [3.63, 3.8) is 0 Å². The number of aryl methyl sites for hydroxylation is 1. The van der Waals surface area contributed by atoms with Gasteiger partial charge in [0.2, 0.25) is 5.91 Å². The van der Waals surface area contributed by atoms with Crippen molar-refractivity contribution in [1.82, 2.24) is 24.3 Å². The summed E-state index contributed by atoms with van der Waals surface area (Å²) in [5, 5.41) is 9.97. The molecule has 0 saturated carbocycles. The van der Waals surface area contributed by atoms with Crippen molar-refractivity contribution < 1.29 is 36.6 Å². The van der Waals surface area contributed by atoms with Crippen molar-refractivity contribution in [2.45, 2.75) is 19.3 Å². The van der Waals surface area contributed by atoms with Crippen LogP contribution in [0.25, 0.3) is 22.2 Å². The average Bonchev–Trinajstić information content (AvgIpc) is 3.58. The van der Waals surface area contributed by atoms with Crippen LogP contribution in [0.4, 0.5) is 23.2 Å². The highest BCUT2D eigenvalue weighted by Crippen LogP contribution is 2.41. The van der Waals surface area contributed by atoms with Crippen molar-refractivity contribution in [3.8, 4) is 28.4 Å². The smallest absolute Gasteiger partial charge is 0.416 e. The Morgan fingerprint density at radius 2 is 1.86 bits per heavy atom. The minimum atomic E-state index is -4.83. The van der Waals surface area contributed by atoms with Gasteiger partial charge >= 0.3 is 11.9 Å². The van der Waals surface area contributed by atoms with Gasteiger partial charge in [0.25, 0.3) is 0 Å². The lowest BCUT2D eigenvalue weighted by Crippen LogP contribution is -2.28. The van der Waals surface area contributed by atoms with Gasteiger partial charge in [0, 0.05) is 24.4 Å². The molecule has 16 heteroatoms. The van der Waals surface area contributed by atoms with Crippen LogP contribution in [0.1, 0.15) is 11.4 Å². The van der Waals surface area contributed by atoms with E-state index in [0.717, 1.165) is 27.3 Å². The Morgan fingerprint density at radius 3 is 2.52 bits per heavy atom. The average molecular weight is 637 g/mol. The van der Waals surface area contributed by atoms with Crippen molar-refractivity contribution in [2.24, 2.45) is 7.05 Å². The zero-order valence-electron chi connectivity index (χ0n) is 23.4. The van der Waals surface area contributed by atoms with E-state index in [9.17, 15) is 22.8 Å². The third-order valence-electron chi connectivity index (χ3n) is 6.58. The lowest BCUT2D eigenvalue weighted by molar-refractivity contribution is -0.137. The predicted molar refractivity (Wildman–Crippen MR) is 154 cm³/mol. The maximum Gasteiger partial charge on any atom is 0.416 e. The first-order valence-electron chi connectivity index (χ1n) is 12.6. The number of amides is 1. The molecular weight excluding hydrogens is 612 g/mol. The first kappa shape index (κ1) is 31.9. The number of ether oxygens (including phenoxy) is 3. The van der Waals surface area contributed by atoms with E-state index in [1.54, 1.807) is 24.3 Å². The second-order valence-electron chi connectivity index (χ2n) is 9.31. The minimum Gasteiger partial charge on any atom is -0.497 e. The lowest BCUT2D eigenvalue weighted by Gasteiger charge is -2.15. The Labute approximate surface area is 252 Å². The molecule has 11 nitrogen and oxygen atoms in total. The number of aromatic amines is 1. The summed E-state index contributed by atoms with van der Waals surface area (Å²) in [5.41, 5.74) is -1.76. The number of carbonyl (C=O) groups is 1. The standard InChI is InChI=1S/C28H24F4N6O5.ClH/c1-37-25-19(15-7-20(29)26(22(8-15)42-3)43-13-23-33-14-34-36-23)9-16(28(30,31)32)10-21(25)38(27(37)40)12-24(39)35-17-5-4-6-18(11-17)41-2;/h4-11,14H,12-13H2,1-3H3,(H,35,39)(H,33,34,36);1H. The van der Waals surface area contributed by atoms with Gasteiger partial charge in [-0.2, -0.15) is 13.2 Å². The van der Waals surface area contributed by atoms with Gasteiger partial charge in [0.15, 0.2) is 23.1 Å². The van der Waals surface area contributed by atoms with Gasteiger partial charge in [0.1, 0.15) is 25.2 Å². The van der Waals surface area contributed by atoms with Gasteiger partial charge in [-0.15, -0.1) is 22.6 Å². The number of fused-ring (bicyclic) bond motifs is 1. The summed E-state index contributed by atoms with van der Waals surface area (Å²) in [6.45, 7) is -0.782. The number of nitrogens with one attached hydrogen (secondary N) is 2. The lowest BCUT2D eigenvalue weighted by atomic mass is 9.99. The summed E-state index contributed by atoms with van der Waals surface area (Å²) in [4.78, 5) is 28.9. The molecule has 1 amide bonds. The topological polar surface area (TPSA) is 125 Å². The SMILES string of the molecule is COc1cccc(NC(=O)Cn2c(=O)n(C)c3c(-c4cc(F)c(OCc5nnc[nH]5)c(OC)c4)cc(C(F)(F)F)cc32)c1.Cl. The van der Waals surface area contributed by atoms with Crippen LogP contribution >= 0.6 is 12.4 Å². The summed E-state index contributed by atoms with van der Waals surface area (Å²) in [5.74, 6) is -1.23. The van der Waals surface area contributed by atoms with Gasteiger partial charge in [-0.1, -0.05) is 6.07 Å². The number of H-pyrrole nitrogens is 1. The Morgan fingerprint density at radius 1 is 1.09 bits per heavy atom. The monoisotopic (exact) mass is 636 g/mol. The fourth-order valence-electron chi connectivity index (χ4n) is 4.60. The van der Waals surface area contributed by atoms with E-state index >= 15 is 4.39 Å². The molecule has 2 heterocycles. The van der Waals surface area contributed by atoms with Crippen molar-refractivity contribution in [2.75, 3.05) is 19.5 Å². The van der Waals surface area contributed by atoms with Crippen molar-refractivity contribution >= 4 is 35.0 Å². The number of anilines is 1. The molecule has 0 fully saturated rings. The molecule has 0 aliphatic heterocycles. The molecule has 5 aromatic rings. The molecule has 0 saturated heterocycles. The summed E-state index contributed by atoms with van der Waals surface area (Å²) >= 11 is 0. The number of hydrogen-bond acceptors (Lipinski definition) is 7. The molecule has 0 bridgehead atoms. The normalized spacial score (nSPS) is 11.2. The Balaban J connectivity index is 0.00000442. The Bertz CT molecular complexity index is 1870. The van der Waals surface area contributed by atoms with Crippen LogP contribution < -0.4 is 25.2 Å². The Hall–Kier alpha value is -5.05. The van der Waals surface area contributed by atoms with Crippen LogP contribution in [-0.4, -0.2) is 44.4 Å². The minimum absolute atomic E-state index is 0. The largest absolute Gasteiger partial charge is 0.497 e. The fraction of sp³-hybridized carbons (Fsp3) is 0.214.